The van der Waals surface area contributed by atoms with E-state index in [2.05, 4.69) is 10.2 Å². The van der Waals surface area contributed by atoms with Crippen molar-refractivity contribution >= 4 is 65.7 Å². The highest BCUT2D eigenvalue weighted by Crippen LogP contribution is 2.36. The Morgan fingerprint density at radius 3 is 2.04 bits per heavy atom. The van der Waals surface area contributed by atoms with Crippen LogP contribution < -0.4 is 21.9 Å². The lowest BCUT2D eigenvalue weighted by Crippen LogP contribution is -2.30. The van der Waals surface area contributed by atoms with E-state index in [1.807, 2.05) is 34.6 Å². The van der Waals surface area contributed by atoms with Crippen LogP contribution in [0, 0.1) is 12.7 Å². The lowest BCUT2D eigenvalue weighted by molar-refractivity contribution is -0.138. The molecule has 16 nitrogen and oxygen atoms in total. The fourth-order valence-electron chi connectivity index (χ4n) is 4.30. The third-order valence-corrected chi connectivity index (χ3v) is 9.52. The smallest absolute Gasteiger partial charge is 0.442 e. The van der Waals surface area contributed by atoms with Crippen LogP contribution in [-0.4, -0.2) is 81.5 Å². The maximum atomic E-state index is 14.1. The van der Waals surface area contributed by atoms with Crippen LogP contribution in [-0.2, 0) is 26.0 Å². The van der Waals surface area contributed by atoms with E-state index in [0.29, 0.717) is 27.0 Å². The first kappa shape index (κ1) is 49.3. The van der Waals surface area contributed by atoms with Gasteiger partial charge in [0.1, 0.15) is 28.7 Å². The monoisotopic (exact) mass is 908 g/mol. The molecule has 0 spiro atoms. The van der Waals surface area contributed by atoms with Crippen LogP contribution in [0.15, 0.2) is 38.3 Å². The predicted molar refractivity (Wildman–Crippen MR) is 207 cm³/mol. The lowest BCUT2D eigenvalue weighted by atomic mass is 9.97. The topological polar surface area (TPSA) is 235 Å². The van der Waals surface area contributed by atoms with Crippen molar-refractivity contribution in [2.24, 2.45) is 5.73 Å². The number of carbonyl (C=O) groups is 2. The summed E-state index contributed by atoms with van der Waals surface area (Å²) in [6, 6.07) is 3.96. The summed E-state index contributed by atoms with van der Waals surface area (Å²) in [6.45, 7) is 8.67. The summed E-state index contributed by atoms with van der Waals surface area (Å²) in [5, 5.41) is 24.1. The Morgan fingerprint density at radius 2 is 1.58 bits per heavy atom. The van der Waals surface area contributed by atoms with Crippen molar-refractivity contribution in [2.45, 2.75) is 83.9 Å². The van der Waals surface area contributed by atoms with Crippen LogP contribution in [0.2, 0.25) is 15.1 Å². The highest BCUT2D eigenvalue weighted by molar-refractivity contribution is 7.57. The van der Waals surface area contributed by atoms with E-state index < -0.39 is 60.2 Å². The van der Waals surface area contributed by atoms with Crippen LogP contribution in [0.5, 0.6) is 5.75 Å². The Bertz CT molecular complexity index is 2230. The molecule has 4 aromatic rings. The summed E-state index contributed by atoms with van der Waals surface area (Å²) in [4.78, 5) is 53.7. The third kappa shape index (κ3) is 14.2. The molecule has 0 saturated heterocycles. The Labute approximate surface area is 343 Å². The van der Waals surface area contributed by atoms with Gasteiger partial charge in [-0.1, -0.05) is 55.6 Å². The first-order chi connectivity index (χ1) is 26.0. The second-order valence-corrected chi connectivity index (χ2v) is 17.8. The fraction of sp³-hybridized carbons (Fsp3) is 0.455. The Balaban J connectivity index is 0.000000316. The van der Waals surface area contributed by atoms with E-state index in [-0.39, 0.29) is 56.5 Å². The minimum Gasteiger partial charge on any atom is -0.489 e. The Hall–Kier alpha value is -3.84. The highest BCUT2D eigenvalue weighted by Gasteiger charge is 2.25. The van der Waals surface area contributed by atoms with Crippen LogP contribution in [0.3, 0.4) is 0 Å². The van der Waals surface area contributed by atoms with Gasteiger partial charge in [-0.2, -0.15) is 18.1 Å². The first-order valence-corrected chi connectivity index (χ1v) is 20.3. The molecule has 3 atom stereocenters. The number of nitrogens with zero attached hydrogens (tertiary/aromatic N) is 5. The van der Waals surface area contributed by atoms with Gasteiger partial charge in [-0.15, -0.1) is 21.8 Å². The number of carboxylic acid groups (broad SMARTS) is 2. The van der Waals surface area contributed by atoms with Gasteiger partial charge < -0.3 is 30.0 Å². The van der Waals surface area contributed by atoms with E-state index in [9.17, 15) is 36.9 Å². The summed E-state index contributed by atoms with van der Waals surface area (Å²) < 4.78 is 62.9. The number of halogens is 7. The number of alkyl halides is 3. The molecule has 4 rings (SSSR count). The third-order valence-electron chi connectivity index (χ3n) is 7.14. The predicted octanol–water partition coefficient (Wildman–Crippen LogP) is 6.67. The molecular formula is C33H40Cl4F3N6O10P. The molecule has 0 radical (unpaired) electrons. The van der Waals surface area contributed by atoms with Gasteiger partial charge in [-0.25, -0.2) is 18.5 Å². The van der Waals surface area contributed by atoms with Gasteiger partial charge in [-0.05, 0) is 51.0 Å². The van der Waals surface area contributed by atoms with E-state index in [1.165, 1.54) is 12.7 Å². The summed E-state index contributed by atoms with van der Waals surface area (Å²) in [6.07, 6.45) is -0.322. The molecule has 0 aliphatic carbocycles. The standard InChI is InChI=1S/C15H18Cl2N2O3.C13H10Cl2F3N3O3.C5H12NO4P/c1-8(2)21-12-7-11(9(16)6-10(12)17)19-14(20)22-13(18-19)15(3,4)5;1-5-19-21(13(24)20(5)12(17)18)10-3-6(2-8(15)11(22)23)7(14)4-9(10)16;1-11(9,10)3-2-4(6)5(7)8/h6-8H,1-5H3;3-4,8,12H,2H2,1H3,(H,22,23);4H,2-3,6H2,1H3,(H,7,8)(H,9,10). The molecule has 0 fully saturated rings. The van der Waals surface area contributed by atoms with Crippen molar-refractivity contribution in [3.63, 3.8) is 0 Å². The summed E-state index contributed by atoms with van der Waals surface area (Å²) >= 11 is 23.8. The normalized spacial score (nSPS) is 13.6. The van der Waals surface area contributed by atoms with Crippen molar-refractivity contribution in [2.75, 3.05) is 12.8 Å². The Morgan fingerprint density at radius 1 is 0.982 bits per heavy atom. The van der Waals surface area contributed by atoms with Crippen molar-refractivity contribution in [3.8, 4) is 17.1 Å². The molecule has 316 valence electrons. The maximum absolute atomic E-state index is 14.1. The number of rotatable bonds is 12. The first-order valence-electron chi connectivity index (χ1n) is 16.4. The summed E-state index contributed by atoms with van der Waals surface area (Å²) in [5.41, 5.74) is 3.53. The van der Waals surface area contributed by atoms with Crippen molar-refractivity contribution < 1.29 is 51.6 Å². The second kappa shape index (κ2) is 20.2. The number of hydrogen-bond acceptors (Lipinski definition) is 10. The summed E-state index contributed by atoms with van der Waals surface area (Å²) in [5.74, 6) is -3.59. The van der Waals surface area contributed by atoms with Crippen molar-refractivity contribution in [1.82, 2.24) is 24.1 Å². The number of nitrogens with two attached hydrogens (primary N) is 1. The molecule has 0 aliphatic heterocycles. The van der Waals surface area contributed by atoms with Gasteiger partial charge in [0, 0.05) is 35.8 Å². The van der Waals surface area contributed by atoms with E-state index in [4.69, 9.17) is 76.4 Å². The minimum absolute atomic E-state index is 0.0412. The van der Waals surface area contributed by atoms with E-state index >= 15 is 0 Å². The zero-order valence-corrected chi connectivity index (χ0v) is 35.3. The van der Waals surface area contributed by atoms with Gasteiger partial charge in [0.25, 0.3) is 0 Å². The summed E-state index contributed by atoms with van der Waals surface area (Å²) in [7, 11) is -3.10. The molecule has 3 unspecified atom stereocenters. The second-order valence-electron chi connectivity index (χ2n) is 13.5. The average molecular weight is 910 g/mol. The molecule has 2 aromatic heterocycles. The lowest BCUT2D eigenvalue weighted by Gasteiger charge is -2.13. The van der Waals surface area contributed by atoms with Crippen LogP contribution in [0.4, 0.5) is 13.2 Å². The van der Waals surface area contributed by atoms with Gasteiger partial charge in [0.15, 0.2) is 13.2 Å². The van der Waals surface area contributed by atoms with Crippen LogP contribution in [0.25, 0.3) is 11.4 Å². The fourth-order valence-corrected chi connectivity index (χ4v) is 5.96. The number of carboxylic acids is 2. The molecule has 5 N–H and O–H groups in total. The highest BCUT2D eigenvalue weighted by atomic mass is 35.5. The number of benzene rings is 2. The van der Waals surface area contributed by atoms with E-state index in [0.717, 1.165) is 23.7 Å². The molecule has 0 bridgehead atoms. The largest absolute Gasteiger partial charge is 0.489 e. The van der Waals surface area contributed by atoms with Gasteiger partial charge >= 0.3 is 29.9 Å². The molecule has 0 aliphatic rings. The molecule has 57 heavy (non-hydrogen) atoms. The zero-order chi connectivity index (χ0) is 43.9. The number of ether oxygens (including phenoxy) is 1. The molecular weight excluding hydrogens is 870 g/mol. The molecule has 0 amide bonds. The molecule has 2 heterocycles. The molecule has 24 heteroatoms. The number of hydrogen-bond donors (Lipinski definition) is 4. The number of aromatic nitrogens is 5. The van der Waals surface area contributed by atoms with Crippen LogP contribution >= 0.6 is 53.8 Å². The van der Waals surface area contributed by atoms with Crippen molar-refractivity contribution in [3.05, 3.63) is 83.5 Å². The quantitative estimate of drug-likeness (QED) is 0.0860. The minimum atomic E-state index is -3.14. The average Bonchev–Trinajstić information content (AvgIpc) is 3.60. The number of aryl methyl sites for hydroxylation is 1. The van der Waals surface area contributed by atoms with E-state index in [1.54, 1.807) is 6.07 Å². The van der Waals surface area contributed by atoms with Crippen LogP contribution in [0.1, 0.15) is 64.9 Å². The maximum Gasteiger partial charge on any atom is 0.442 e. The molecule has 0 saturated carbocycles. The number of aliphatic carboxylic acids is 2. The zero-order valence-electron chi connectivity index (χ0n) is 31.3. The van der Waals surface area contributed by atoms with Gasteiger partial charge in [0.2, 0.25) is 5.89 Å². The van der Waals surface area contributed by atoms with Crippen molar-refractivity contribution in [1.29, 1.82) is 0 Å². The Kier molecular flexibility index (Phi) is 17.5. The molecule has 2 aromatic carbocycles. The SMILES string of the molecule is CC(C)Oc1cc(-n2nc(C(C)(C)C)oc2=O)c(Cl)cc1Cl.CP(=O)(O)CCC(N)C(=O)O.Cc1nn(-c2cc(CC(Cl)C(=O)O)c(Cl)cc2F)c(=O)n1C(F)F. The van der Waals surface area contributed by atoms with Gasteiger partial charge in [-0.3, -0.25) is 14.2 Å². The van der Waals surface area contributed by atoms with Gasteiger partial charge in [0.05, 0.1) is 21.8 Å².